The molecule has 3 aromatic rings. The van der Waals surface area contributed by atoms with Gasteiger partial charge in [-0.15, -0.1) is 10.2 Å². The van der Waals surface area contributed by atoms with Crippen LogP contribution >= 0.6 is 0 Å². The highest BCUT2D eigenvalue weighted by molar-refractivity contribution is 6.01. The van der Waals surface area contributed by atoms with Crippen LogP contribution in [0.2, 0.25) is 0 Å². The minimum atomic E-state index is -0.710. The second-order valence-electron chi connectivity index (χ2n) is 8.86. The van der Waals surface area contributed by atoms with Crippen molar-refractivity contribution in [3.63, 3.8) is 0 Å². The topological polar surface area (TPSA) is 93.0 Å². The number of benzene rings is 2. The number of rotatable bonds is 7. The van der Waals surface area contributed by atoms with Gasteiger partial charge in [-0.1, -0.05) is 25.1 Å². The molecule has 9 heteroatoms. The van der Waals surface area contributed by atoms with Crippen LogP contribution in [0.5, 0.6) is 0 Å². The van der Waals surface area contributed by atoms with Gasteiger partial charge in [-0.25, -0.2) is 4.39 Å². The molecular formula is C24H29FN6O2. The number of carbonyl (C=O) groups is 2. The van der Waals surface area contributed by atoms with Crippen molar-refractivity contribution in [1.29, 1.82) is 0 Å². The van der Waals surface area contributed by atoms with Crippen LogP contribution in [0.15, 0.2) is 48.5 Å². The molecule has 0 aliphatic rings. The maximum Gasteiger partial charge on any atom is 0.251 e. The average molecular weight is 453 g/mol. The van der Waals surface area contributed by atoms with Crippen LogP contribution in [-0.4, -0.2) is 43.6 Å². The Hall–Kier alpha value is -3.62. The van der Waals surface area contributed by atoms with Gasteiger partial charge in [0, 0.05) is 16.8 Å². The third kappa shape index (κ3) is 6.00. The van der Waals surface area contributed by atoms with Gasteiger partial charge in [0.2, 0.25) is 11.7 Å². The average Bonchev–Trinajstić information content (AvgIpc) is 3.20. The van der Waals surface area contributed by atoms with Crippen molar-refractivity contribution in [3.05, 3.63) is 59.9 Å². The van der Waals surface area contributed by atoms with Gasteiger partial charge in [0.1, 0.15) is 18.4 Å². The van der Waals surface area contributed by atoms with Gasteiger partial charge in [-0.3, -0.25) is 14.5 Å². The number of aryl methyl sites for hydroxylation is 1. The molecule has 0 radical (unpaired) electrons. The fourth-order valence-electron chi connectivity index (χ4n) is 3.47. The van der Waals surface area contributed by atoms with Crippen molar-refractivity contribution in [1.82, 2.24) is 25.5 Å². The van der Waals surface area contributed by atoms with Gasteiger partial charge in [0.05, 0.1) is 0 Å². The summed E-state index contributed by atoms with van der Waals surface area (Å²) in [6.07, 6.45) is 0.424. The van der Waals surface area contributed by atoms with Crippen LogP contribution < -0.4 is 10.2 Å². The molecular weight excluding hydrogens is 423 g/mol. The van der Waals surface area contributed by atoms with Crippen LogP contribution in [0, 0.1) is 12.7 Å². The van der Waals surface area contributed by atoms with E-state index in [1.54, 1.807) is 12.1 Å². The number of anilines is 1. The highest BCUT2D eigenvalue weighted by atomic mass is 19.1. The number of para-hydroxylation sites is 1. The Kier molecular flexibility index (Phi) is 7.20. The SMILES string of the molecule is CCC(C(=O)NC(C)(C)C)N(C(=O)Cn1nnc(-c2ccc(F)cc2)n1)c1ccccc1C. The van der Waals surface area contributed by atoms with Gasteiger partial charge in [0.25, 0.3) is 5.91 Å². The molecule has 1 aromatic heterocycles. The predicted molar refractivity (Wildman–Crippen MR) is 124 cm³/mol. The minimum absolute atomic E-state index is 0.207. The standard InChI is InChI=1S/C24H29FN6O2/c1-6-19(23(33)26-24(3,4)5)31(20-10-8-7-9-16(20)2)21(32)15-30-28-22(27-29-30)17-11-13-18(25)14-12-17/h7-14,19H,6,15H2,1-5H3,(H,26,33). The number of halogens is 1. The van der Waals surface area contributed by atoms with E-state index in [2.05, 4.69) is 20.7 Å². The third-order valence-electron chi connectivity index (χ3n) is 4.97. The summed E-state index contributed by atoms with van der Waals surface area (Å²) < 4.78 is 13.2. The molecule has 0 saturated carbocycles. The van der Waals surface area contributed by atoms with Crippen molar-refractivity contribution in [2.45, 2.75) is 59.2 Å². The lowest BCUT2D eigenvalue weighted by atomic mass is 10.0. The first-order valence-electron chi connectivity index (χ1n) is 10.8. The number of hydrogen-bond acceptors (Lipinski definition) is 5. The van der Waals surface area contributed by atoms with Gasteiger partial charge in [-0.2, -0.15) is 4.80 Å². The lowest BCUT2D eigenvalue weighted by Gasteiger charge is -2.33. The molecule has 0 fully saturated rings. The number of tetrazole rings is 1. The summed E-state index contributed by atoms with van der Waals surface area (Å²) in [5, 5.41) is 15.2. The van der Waals surface area contributed by atoms with Gasteiger partial charge in [-0.05, 0) is 75.2 Å². The second-order valence-corrected chi connectivity index (χ2v) is 8.86. The summed E-state index contributed by atoms with van der Waals surface area (Å²) >= 11 is 0. The van der Waals surface area contributed by atoms with E-state index in [9.17, 15) is 14.0 Å². The first-order chi connectivity index (χ1) is 15.6. The molecule has 174 valence electrons. The zero-order chi connectivity index (χ0) is 24.2. The molecule has 0 saturated heterocycles. The Bertz CT molecular complexity index is 1120. The molecule has 2 amide bonds. The maximum atomic E-state index is 13.5. The molecule has 1 heterocycles. The zero-order valence-electron chi connectivity index (χ0n) is 19.5. The molecule has 1 atom stereocenters. The van der Waals surface area contributed by atoms with Gasteiger partial charge >= 0.3 is 0 Å². The van der Waals surface area contributed by atoms with Gasteiger partial charge in [0.15, 0.2) is 0 Å². The first-order valence-corrected chi connectivity index (χ1v) is 10.8. The smallest absolute Gasteiger partial charge is 0.251 e. The number of nitrogens with one attached hydrogen (secondary N) is 1. The van der Waals surface area contributed by atoms with Crippen LogP contribution in [0.1, 0.15) is 39.7 Å². The summed E-state index contributed by atoms with van der Waals surface area (Å²) in [7, 11) is 0. The van der Waals surface area contributed by atoms with Crippen molar-refractivity contribution in [2.24, 2.45) is 0 Å². The normalized spacial score (nSPS) is 12.3. The van der Waals surface area contributed by atoms with Crippen molar-refractivity contribution in [3.8, 4) is 11.4 Å². The molecule has 2 aromatic carbocycles. The molecule has 8 nitrogen and oxygen atoms in total. The first kappa shape index (κ1) is 24.0. The summed E-state index contributed by atoms with van der Waals surface area (Å²) in [6.45, 7) is 9.24. The van der Waals surface area contributed by atoms with E-state index in [1.165, 1.54) is 21.8 Å². The fourth-order valence-corrected chi connectivity index (χ4v) is 3.47. The maximum absolute atomic E-state index is 13.5. The number of amides is 2. The highest BCUT2D eigenvalue weighted by Crippen LogP contribution is 2.24. The van der Waals surface area contributed by atoms with Gasteiger partial charge < -0.3 is 5.32 Å². The number of hydrogen-bond donors (Lipinski definition) is 1. The highest BCUT2D eigenvalue weighted by Gasteiger charge is 2.32. The molecule has 0 spiro atoms. The largest absolute Gasteiger partial charge is 0.350 e. The molecule has 33 heavy (non-hydrogen) atoms. The van der Waals surface area contributed by atoms with Crippen molar-refractivity contribution in [2.75, 3.05) is 4.90 Å². The Morgan fingerprint density at radius 1 is 1.12 bits per heavy atom. The molecule has 0 bridgehead atoms. The lowest BCUT2D eigenvalue weighted by Crippen LogP contribution is -2.54. The van der Waals surface area contributed by atoms with E-state index >= 15 is 0 Å². The molecule has 3 rings (SSSR count). The molecule has 0 aliphatic heterocycles. The van der Waals surface area contributed by atoms with Crippen LogP contribution in [0.25, 0.3) is 11.4 Å². The quantitative estimate of drug-likeness (QED) is 0.592. The number of carbonyl (C=O) groups excluding carboxylic acids is 2. The van der Waals surface area contributed by atoms with Crippen LogP contribution in [0.3, 0.4) is 0 Å². The number of nitrogens with zero attached hydrogens (tertiary/aromatic N) is 5. The van der Waals surface area contributed by atoms with Crippen molar-refractivity contribution >= 4 is 17.5 Å². The Morgan fingerprint density at radius 3 is 2.39 bits per heavy atom. The van der Waals surface area contributed by atoms with E-state index in [0.29, 0.717) is 17.7 Å². The van der Waals surface area contributed by atoms with E-state index in [0.717, 1.165) is 5.56 Å². The summed E-state index contributed by atoms with van der Waals surface area (Å²) in [6, 6.07) is 12.4. The zero-order valence-corrected chi connectivity index (χ0v) is 19.5. The van der Waals surface area contributed by atoms with Crippen LogP contribution in [0.4, 0.5) is 10.1 Å². The number of aromatic nitrogens is 4. The van der Waals surface area contributed by atoms with E-state index in [-0.39, 0.29) is 30.0 Å². The predicted octanol–water partition coefficient (Wildman–Crippen LogP) is 3.51. The Morgan fingerprint density at radius 2 is 1.79 bits per heavy atom. The van der Waals surface area contributed by atoms with Crippen LogP contribution in [-0.2, 0) is 16.1 Å². The summed E-state index contributed by atoms with van der Waals surface area (Å²) in [5.41, 5.74) is 1.66. The van der Waals surface area contributed by atoms with E-state index < -0.39 is 11.6 Å². The lowest BCUT2D eigenvalue weighted by molar-refractivity contribution is -0.128. The fraction of sp³-hybridized carbons (Fsp3) is 0.375. The van der Waals surface area contributed by atoms with E-state index in [1.807, 2.05) is 58.9 Å². The van der Waals surface area contributed by atoms with Crippen molar-refractivity contribution < 1.29 is 14.0 Å². The second kappa shape index (κ2) is 9.89. The molecule has 0 aliphatic carbocycles. The Balaban J connectivity index is 1.90. The monoisotopic (exact) mass is 452 g/mol. The minimum Gasteiger partial charge on any atom is -0.350 e. The van der Waals surface area contributed by atoms with E-state index in [4.69, 9.17) is 0 Å². The molecule has 1 unspecified atom stereocenters. The summed E-state index contributed by atoms with van der Waals surface area (Å²) in [5.74, 6) is -0.666. The Labute approximate surface area is 192 Å². The third-order valence-corrected chi connectivity index (χ3v) is 4.97. The summed E-state index contributed by atoms with van der Waals surface area (Å²) in [4.78, 5) is 29.3. The molecule has 1 N–H and O–H groups in total.